The summed E-state index contributed by atoms with van der Waals surface area (Å²) in [6.45, 7) is 10.5. The van der Waals surface area contributed by atoms with E-state index in [1.807, 2.05) is 30.5 Å². The third kappa shape index (κ3) is 4.80. The molecule has 5 nitrogen and oxygen atoms in total. The Morgan fingerprint density at radius 3 is 2.83 bits per heavy atom. The van der Waals surface area contributed by atoms with Crippen molar-refractivity contribution >= 4 is 0 Å². The number of rotatable bonds is 8. The number of hydrogen-bond donors (Lipinski definition) is 0. The van der Waals surface area contributed by atoms with Gasteiger partial charge in [-0.25, -0.2) is 0 Å². The number of nitrogens with zero attached hydrogens (tertiary/aromatic N) is 3. The first-order chi connectivity index (χ1) is 14.2. The molecule has 3 heterocycles. The van der Waals surface area contributed by atoms with Crippen molar-refractivity contribution < 1.29 is 9.47 Å². The summed E-state index contributed by atoms with van der Waals surface area (Å²) in [5.74, 6) is 1.52. The summed E-state index contributed by atoms with van der Waals surface area (Å²) in [6.07, 6.45) is 3.09. The number of methoxy groups -OCH3 is 1. The number of benzene rings is 1. The molecular formula is C24H33N3O2. The average molecular weight is 396 g/mol. The van der Waals surface area contributed by atoms with E-state index in [-0.39, 0.29) is 0 Å². The first kappa shape index (κ1) is 20.3. The van der Waals surface area contributed by atoms with Crippen LogP contribution in [0.5, 0.6) is 5.75 Å². The molecule has 1 spiro atoms. The Hall–Kier alpha value is -1.95. The number of likely N-dealkylation sites (tertiary alicyclic amines) is 2. The zero-order valence-electron chi connectivity index (χ0n) is 17.7. The van der Waals surface area contributed by atoms with Crippen LogP contribution in [0.4, 0.5) is 0 Å². The SMILES string of the molecule is CCN1C[C@H](COCc2ccccn2)[C@]2(CCN(Cc3cccc(OC)c3)C2)C1. The molecule has 2 aliphatic rings. The van der Waals surface area contributed by atoms with Gasteiger partial charge in [0.2, 0.25) is 0 Å². The van der Waals surface area contributed by atoms with Gasteiger partial charge < -0.3 is 14.4 Å². The fourth-order valence-electron chi connectivity index (χ4n) is 5.01. The molecular weight excluding hydrogens is 362 g/mol. The Kier molecular flexibility index (Phi) is 6.48. The van der Waals surface area contributed by atoms with Crippen molar-refractivity contribution in [1.29, 1.82) is 0 Å². The van der Waals surface area contributed by atoms with Gasteiger partial charge in [0, 0.05) is 43.7 Å². The van der Waals surface area contributed by atoms with Crippen LogP contribution in [0.2, 0.25) is 0 Å². The molecule has 2 atom stereocenters. The molecule has 156 valence electrons. The van der Waals surface area contributed by atoms with E-state index in [1.54, 1.807) is 7.11 Å². The van der Waals surface area contributed by atoms with Crippen LogP contribution in [0.15, 0.2) is 48.7 Å². The highest BCUT2D eigenvalue weighted by molar-refractivity contribution is 5.28. The summed E-state index contributed by atoms with van der Waals surface area (Å²) in [5, 5.41) is 0. The Labute approximate surface area is 174 Å². The summed E-state index contributed by atoms with van der Waals surface area (Å²) < 4.78 is 11.5. The van der Waals surface area contributed by atoms with Gasteiger partial charge in [-0.3, -0.25) is 9.88 Å². The summed E-state index contributed by atoms with van der Waals surface area (Å²) in [5.41, 5.74) is 2.69. The van der Waals surface area contributed by atoms with Gasteiger partial charge in [-0.05, 0) is 49.3 Å². The second-order valence-electron chi connectivity index (χ2n) is 8.54. The molecule has 2 fully saturated rings. The molecule has 0 amide bonds. The third-order valence-electron chi connectivity index (χ3n) is 6.63. The lowest BCUT2D eigenvalue weighted by molar-refractivity contribution is 0.0501. The normalized spacial score (nSPS) is 25.1. The summed E-state index contributed by atoms with van der Waals surface area (Å²) in [6, 6.07) is 14.5. The van der Waals surface area contributed by atoms with Gasteiger partial charge in [-0.1, -0.05) is 25.1 Å². The van der Waals surface area contributed by atoms with E-state index in [0.717, 1.165) is 50.8 Å². The molecule has 2 saturated heterocycles. The Morgan fingerprint density at radius 2 is 2.03 bits per heavy atom. The third-order valence-corrected chi connectivity index (χ3v) is 6.63. The number of aromatic nitrogens is 1. The van der Waals surface area contributed by atoms with Crippen molar-refractivity contribution in [3.8, 4) is 5.75 Å². The Balaban J connectivity index is 1.37. The van der Waals surface area contributed by atoms with Crippen LogP contribution in [0.25, 0.3) is 0 Å². The van der Waals surface area contributed by atoms with Crippen molar-refractivity contribution in [2.75, 3.05) is 46.4 Å². The van der Waals surface area contributed by atoms with Crippen LogP contribution in [0.1, 0.15) is 24.6 Å². The predicted molar refractivity (Wildman–Crippen MR) is 115 cm³/mol. The zero-order valence-corrected chi connectivity index (χ0v) is 17.7. The maximum absolute atomic E-state index is 6.14. The van der Waals surface area contributed by atoms with Gasteiger partial charge in [0.15, 0.2) is 0 Å². The standard InChI is InChI=1S/C24H33N3O2/c1-3-26-15-21(16-29-17-22-8-4-5-11-25-22)24(18-26)10-12-27(19-24)14-20-7-6-9-23(13-20)28-2/h4-9,11,13,21H,3,10,12,14-19H2,1-2H3/t21-,24-/m1/s1. The van der Waals surface area contributed by atoms with Gasteiger partial charge in [0.05, 0.1) is 26.0 Å². The molecule has 1 aromatic heterocycles. The maximum atomic E-state index is 6.14. The summed E-state index contributed by atoms with van der Waals surface area (Å²) >= 11 is 0. The van der Waals surface area contributed by atoms with Gasteiger partial charge >= 0.3 is 0 Å². The maximum Gasteiger partial charge on any atom is 0.119 e. The number of pyridine rings is 1. The van der Waals surface area contributed by atoms with E-state index >= 15 is 0 Å². The second kappa shape index (κ2) is 9.24. The molecule has 0 radical (unpaired) electrons. The average Bonchev–Trinajstić information content (AvgIpc) is 3.32. The second-order valence-corrected chi connectivity index (χ2v) is 8.54. The highest BCUT2D eigenvalue weighted by Crippen LogP contribution is 2.44. The Bertz CT molecular complexity index is 785. The first-order valence-corrected chi connectivity index (χ1v) is 10.8. The zero-order chi connectivity index (χ0) is 20.1. The minimum absolute atomic E-state index is 0.346. The molecule has 2 aliphatic heterocycles. The summed E-state index contributed by atoms with van der Waals surface area (Å²) in [4.78, 5) is 9.59. The molecule has 0 bridgehead atoms. The van der Waals surface area contributed by atoms with Crippen LogP contribution < -0.4 is 4.74 Å². The highest BCUT2D eigenvalue weighted by atomic mass is 16.5. The van der Waals surface area contributed by atoms with Crippen molar-refractivity contribution in [3.63, 3.8) is 0 Å². The van der Waals surface area contributed by atoms with Gasteiger partial charge in [-0.2, -0.15) is 0 Å². The lowest BCUT2D eigenvalue weighted by Gasteiger charge is -2.30. The smallest absolute Gasteiger partial charge is 0.119 e. The van der Waals surface area contributed by atoms with Crippen LogP contribution in [0.3, 0.4) is 0 Å². The van der Waals surface area contributed by atoms with Gasteiger partial charge in [-0.15, -0.1) is 0 Å². The van der Waals surface area contributed by atoms with Crippen molar-refractivity contribution in [3.05, 3.63) is 59.9 Å². The van der Waals surface area contributed by atoms with Gasteiger partial charge in [0.1, 0.15) is 5.75 Å². The summed E-state index contributed by atoms with van der Waals surface area (Å²) in [7, 11) is 1.73. The molecule has 5 heteroatoms. The van der Waals surface area contributed by atoms with Crippen molar-refractivity contribution in [2.24, 2.45) is 11.3 Å². The quantitative estimate of drug-likeness (QED) is 0.684. The molecule has 4 rings (SSSR count). The van der Waals surface area contributed by atoms with E-state index in [1.165, 1.54) is 18.5 Å². The molecule has 2 aromatic rings. The molecule has 0 unspecified atom stereocenters. The van der Waals surface area contributed by atoms with Crippen LogP contribution in [-0.4, -0.2) is 61.2 Å². The predicted octanol–water partition coefficient (Wildman–Crippen LogP) is 3.45. The minimum atomic E-state index is 0.346. The molecule has 0 aliphatic carbocycles. The van der Waals surface area contributed by atoms with Crippen molar-refractivity contribution in [2.45, 2.75) is 26.5 Å². The van der Waals surface area contributed by atoms with E-state index in [4.69, 9.17) is 9.47 Å². The van der Waals surface area contributed by atoms with E-state index < -0.39 is 0 Å². The lowest BCUT2D eigenvalue weighted by Crippen LogP contribution is -2.36. The molecule has 29 heavy (non-hydrogen) atoms. The van der Waals surface area contributed by atoms with E-state index in [0.29, 0.717) is 17.9 Å². The fourth-order valence-corrected chi connectivity index (χ4v) is 5.01. The van der Waals surface area contributed by atoms with E-state index in [9.17, 15) is 0 Å². The lowest BCUT2D eigenvalue weighted by atomic mass is 9.77. The molecule has 0 saturated carbocycles. The largest absolute Gasteiger partial charge is 0.497 e. The number of hydrogen-bond acceptors (Lipinski definition) is 5. The van der Waals surface area contributed by atoms with E-state index in [2.05, 4.69) is 39.9 Å². The highest BCUT2D eigenvalue weighted by Gasteiger charge is 2.49. The minimum Gasteiger partial charge on any atom is -0.497 e. The van der Waals surface area contributed by atoms with Crippen LogP contribution >= 0.6 is 0 Å². The molecule has 0 N–H and O–H groups in total. The van der Waals surface area contributed by atoms with Gasteiger partial charge in [0.25, 0.3) is 0 Å². The Morgan fingerprint density at radius 1 is 1.14 bits per heavy atom. The topological polar surface area (TPSA) is 37.8 Å². The fraction of sp³-hybridized carbons (Fsp3) is 0.542. The van der Waals surface area contributed by atoms with Crippen LogP contribution in [0, 0.1) is 11.3 Å². The first-order valence-electron chi connectivity index (χ1n) is 10.8. The monoisotopic (exact) mass is 395 g/mol. The molecule has 1 aromatic carbocycles. The number of ether oxygens (including phenoxy) is 2. The van der Waals surface area contributed by atoms with Crippen molar-refractivity contribution in [1.82, 2.24) is 14.8 Å². The van der Waals surface area contributed by atoms with Crippen LogP contribution in [-0.2, 0) is 17.9 Å².